The molecule has 0 bridgehead atoms. The molecule has 0 fully saturated rings. The molecule has 0 heterocycles. The summed E-state index contributed by atoms with van der Waals surface area (Å²) in [5.41, 5.74) is 0.831. The molecule has 4 heteroatoms. The van der Waals surface area contributed by atoms with Crippen molar-refractivity contribution in [2.75, 3.05) is 5.12 Å². The highest BCUT2D eigenvalue weighted by Crippen LogP contribution is 2.17. The number of hydrazone groups is 2. The van der Waals surface area contributed by atoms with Gasteiger partial charge in [-0.1, -0.05) is 11.6 Å². The maximum Gasteiger partial charge on any atom is 0.0857 e. The number of anilines is 1. The van der Waals surface area contributed by atoms with E-state index in [1.165, 1.54) is 5.12 Å². The maximum absolute atomic E-state index is 5.73. The van der Waals surface area contributed by atoms with E-state index in [4.69, 9.17) is 11.6 Å². The van der Waals surface area contributed by atoms with E-state index in [0.717, 1.165) is 5.69 Å². The average Bonchev–Trinajstić information content (AvgIpc) is 2.16. The van der Waals surface area contributed by atoms with Crippen molar-refractivity contribution < 1.29 is 0 Å². The van der Waals surface area contributed by atoms with Crippen LogP contribution in [0, 0.1) is 0 Å². The first-order valence-electron chi connectivity index (χ1n) is 3.79. The molecule has 0 aliphatic carbocycles. The molecule has 0 saturated heterocycles. The van der Waals surface area contributed by atoms with Gasteiger partial charge in [-0.05, 0) is 31.2 Å². The van der Waals surface area contributed by atoms with E-state index in [1.807, 2.05) is 19.1 Å². The monoisotopic (exact) mass is 195 g/mol. The fourth-order valence-corrected chi connectivity index (χ4v) is 0.995. The van der Waals surface area contributed by atoms with Gasteiger partial charge in [0.2, 0.25) is 0 Å². The molecule has 0 aromatic heterocycles. The predicted molar refractivity (Wildman–Crippen MR) is 57.6 cm³/mol. The molecule has 3 nitrogen and oxygen atoms in total. The summed E-state index contributed by atoms with van der Waals surface area (Å²) < 4.78 is 0. The van der Waals surface area contributed by atoms with Gasteiger partial charge in [-0.15, -0.1) is 0 Å². The average molecular weight is 196 g/mol. The first-order chi connectivity index (χ1) is 6.27. The summed E-state index contributed by atoms with van der Waals surface area (Å²) in [5.74, 6) is 0. The predicted octanol–water partition coefficient (Wildman–Crippen LogP) is 2.77. The molecule has 0 radical (unpaired) electrons. The van der Waals surface area contributed by atoms with E-state index >= 15 is 0 Å². The lowest BCUT2D eigenvalue weighted by Crippen LogP contribution is -2.06. The summed E-state index contributed by atoms with van der Waals surface area (Å²) in [5, 5.41) is 9.81. The largest absolute Gasteiger partial charge is 0.167 e. The molecule has 0 saturated carbocycles. The van der Waals surface area contributed by atoms with Crippen molar-refractivity contribution in [3.8, 4) is 0 Å². The van der Waals surface area contributed by atoms with Gasteiger partial charge in [-0.3, -0.25) is 0 Å². The number of hydrogen-bond donors (Lipinski definition) is 0. The van der Waals surface area contributed by atoms with Crippen LogP contribution < -0.4 is 5.12 Å². The van der Waals surface area contributed by atoms with Crippen LogP contribution in [-0.4, -0.2) is 12.9 Å². The second-order valence-electron chi connectivity index (χ2n) is 2.28. The lowest BCUT2D eigenvalue weighted by atomic mass is 10.3. The van der Waals surface area contributed by atoms with Crippen LogP contribution in [0.1, 0.15) is 6.92 Å². The zero-order valence-electron chi connectivity index (χ0n) is 7.31. The normalized spacial score (nSPS) is 10.3. The van der Waals surface area contributed by atoms with E-state index < -0.39 is 0 Å². The van der Waals surface area contributed by atoms with Crippen molar-refractivity contribution in [1.29, 1.82) is 0 Å². The molecule has 13 heavy (non-hydrogen) atoms. The molecule has 0 aliphatic rings. The summed E-state index contributed by atoms with van der Waals surface area (Å²) in [6.45, 7) is 5.22. The lowest BCUT2D eigenvalue weighted by molar-refractivity contribution is 0.940. The minimum Gasteiger partial charge on any atom is -0.167 e. The minimum atomic E-state index is 0.688. The van der Waals surface area contributed by atoms with Crippen molar-refractivity contribution in [2.24, 2.45) is 10.2 Å². The van der Waals surface area contributed by atoms with Gasteiger partial charge in [0, 0.05) is 18.0 Å². The van der Waals surface area contributed by atoms with Crippen molar-refractivity contribution in [3.63, 3.8) is 0 Å². The standard InChI is InChI=1S/C9H10ClN3/c1-3-12-13(11-2)9-6-4-8(10)5-7-9/h3-7H,2H2,1H3/b12-3-. The highest BCUT2D eigenvalue weighted by Gasteiger charge is 1.99. The van der Waals surface area contributed by atoms with Crippen LogP contribution >= 0.6 is 11.6 Å². The van der Waals surface area contributed by atoms with Gasteiger partial charge in [0.25, 0.3) is 0 Å². The van der Waals surface area contributed by atoms with Crippen molar-refractivity contribution in [3.05, 3.63) is 29.3 Å². The van der Waals surface area contributed by atoms with E-state index in [9.17, 15) is 0 Å². The van der Waals surface area contributed by atoms with Crippen LogP contribution in [-0.2, 0) is 0 Å². The Kier molecular flexibility index (Phi) is 3.46. The van der Waals surface area contributed by atoms with Gasteiger partial charge in [-0.25, -0.2) is 0 Å². The Morgan fingerprint density at radius 2 is 2.00 bits per heavy atom. The molecule has 0 atom stereocenters. The molecular formula is C9H10ClN3. The van der Waals surface area contributed by atoms with Crippen LogP contribution in [0.5, 0.6) is 0 Å². The van der Waals surface area contributed by atoms with Gasteiger partial charge < -0.3 is 0 Å². The zero-order chi connectivity index (χ0) is 9.68. The van der Waals surface area contributed by atoms with Crippen LogP contribution in [0.25, 0.3) is 0 Å². The SMILES string of the molecule is C=NN(/N=C\C)c1ccc(Cl)cc1. The van der Waals surface area contributed by atoms with Crippen LogP contribution in [0.2, 0.25) is 5.02 Å². The first-order valence-corrected chi connectivity index (χ1v) is 4.16. The Morgan fingerprint density at radius 3 is 2.46 bits per heavy atom. The van der Waals surface area contributed by atoms with Gasteiger partial charge in [-0.2, -0.15) is 15.3 Å². The van der Waals surface area contributed by atoms with E-state index in [1.54, 1.807) is 18.3 Å². The molecular weight excluding hydrogens is 186 g/mol. The Labute approximate surface area is 82.3 Å². The lowest BCUT2D eigenvalue weighted by Gasteiger charge is -2.10. The summed E-state index contributed by atoms with van der Waals surface area (Å²) in [7, 11) is 0. The van der Waals surface area contributed by atoms with Crippen molar-refractivity contribution >= 4 is 30.2 Å². The minimum absolute atomic E-state index is 0.688. The summed E-state index contributed by atoms with van der Waals surface area (Å²) >= 11 is 5.73. The third-order valence-corrected chi connectivity index (χ3v) is 1.67. The fourth-order valence-electron chi connectivity index (χ4n) is 0.869. The zero-order valence-corrected chi connectivity index (χ0v) is 8.07. The Morgan fingerprint density at radius 1 is 1.38 bits per heavy atom. The van der Waals surface area contributed by atoms with Gasteiger partial charge in [0.1, 0.15) is 0 Å². The molecule has 0 amide bonds. The Hall–Kier alpha value is -1.35. The van der Waals surface area contributed by atoms with Gasteiger partial charge >= 0.3 is 0 Å². The Bertz CT molecular complexity index is 305. The first kappa shape index (κ1) is 9.74. The maximum atomic E-state index is 5.73. The number of benzene rings is 1. The molecule has 1 aromatic carbocycles. The second-order valence-corrected chi connectivity index (χ2v) is 2.72. The van der Waals surface area contributed by atoms with Crippen LogP contribution in [0.15, 0.2) is 34.5 Å². The molecule has 0 aliphatic heterocycles. The Balaban J connectivity index is 2.91. The summed E-state index contributed by atoms with van der Waals surface area (Å²) in [4.78, 5) is 0. The summed E-state index contributed by atoms with van der Waals surface area (Å²) in [6.07, 6.45) is 1.64. The molecule has 1 aromatic rings. The van der Waals surface area contributed by atoms with Gasteiger partial charge in [0.15, 0.2) is 0 Å². The van der Waals surface area contributed by atoms with Crippen molar-refractivity contribution in [2.45, 2.75) is 6.92 Å². The van der Waals surface area contributed by atoms with Crippen LogP contribution in [0.3, 0.4) is 0 Å². The molecule has 1 rings (SSSR count). The quantitative estimate of drug-likeness (QED) is 0.539. The molecule has 68 valence electrons. The third kappa shape index (κ3) is 2.56. The van der Waals surface area contributed by atoms with E-state index in [2.05, 4.69) is 16.9 Å². The number of nitrogens with zero attached hydrogens (tertiary/aromatic N) is 3. The highest BCUT2D eigenvalue weighted by molar-refractivity contribution is 6.30. The third-order valence-electron chi connectivity index (χ3n) is 1.42. The number of rotatable bonds is 3. The van der Waals surface area contributed by atoms with Gasteiger partial charge in [0.05, 0.1) is 5.69 Å². The number of halogens is 1. The van der Waals surface area contributed by atoms with Crippen molar-refractivity contribution in [1.82, 2.24) is 0 Å². The highest BCUT2D eigenvalue weighted by atomic mass is 35.5. The summed E-state index contributed by atoms with van der Waals surface area (Å²) in [6, 6.07) is 7.20. The number of hydrogen-bond acceptors (Lipinski definition) is 3. The van der Waals surface area contributed by atoms with Crippen LogP contribution in [0.4, 0.5) is 5.69 Å². The molecule has 0 N–H and O–H groups in total. The molecule has 0 spiro atoms. The topological polar surface area (TPSA) is 28.0 Å². The van der Waals surface area contributed by atoms with E-state index in [-0.39, 0.29) is 0 Å². The second kappa shape index (κ2) is 4.62. The molecule has 0 unspecified atom stereocenters. The smallest absolute Gasteiger partial charge is 0.0857 e. The van der Waals surface area contributed by atoms with E-state index in [0.29, 0.717) is 5.02 Å². The fraction of sp³-hybridized carbons (Fsp3) is 0.111.